The van der Waals surface area contributed by atoms with E-state index in [9.17, 15) is 19.2 Å². The van der Waals surface area contributed by atoms with Crippen molar-refractivity contribution in [2.45, 2.75) is 134 Å². The number of ether oxygens (including phenoxy) is 4. The van der Waals surface area contributed by atoms with Crippen LogP contribution in [-0.2, 0) is 41.7 Å². The first-order valence-corrected chi connectivity index (χ1v) is 18.0. The van der Waals surface area contributed by atoms with Crippen molar-refractivity contribution in [2.24, 2.45) is 0 Å². The van der Waals surface area contributed by atoms with Gasteiger partial charge in [0.1, 0.15) is 36.8 Å². The molecule has 4 saturated heterocycles. The molecular weight excluding hydrogens is 624 g/mol. The minimum absolute atomic E-state index is 0.113. The third-order valence-electron chi connectivity index (χ3n) is 12.0. The number of piperidine rings is 2. The van der Waals surface area contributed by atoms with Crippen molar-refractivity contribution >= 4 is 23.9 Å². The van der Waals surface area contributed by atoms with Crippen molar-refractivity contribution in [2.75, 3.05) is 14.1 Å². The minimum Gasteiger partial charge on any atom is -0.462 e. The van der Waals surface area contributed by atoms with Crippen LogP contribution in [0.4, 0.5) is 0 Å². The van der Waals surface area contributed by atoms with Crippen LogP contribution in [0.1, 0.15) is 95.6 Å². The van der Waals surface area contributed by atoms with Crippen LogP contribution in [0.3, 0.4) is 0 Å². The number of quaternary nitrogens is 2. The normalized spacial score (nSPS) is 31.5. The Morgan fingerprint density at radius 1 is 0.592 bits per heavy atom. The Morgan fingerprint density at radius 2 is 0.939 bits per heavy atom. The molecule has 0 aromatic heterocycles. The largest absolute Gasteiger partial charge is 0.462 e. The molecular formula is C39H52N2O8+2. The fourth-order valence-corrected chi connectivity index (χ4v) is 9.47. The zero-order valence-corrected chi connectivity index (χ0v) is 29.4. The molecule has 0 radical (unpaired) electrons. The Balaban J connectivity index is 0.935. The highest BCUT2D eigenvalue weighted by molar-refractivity contribution is 5.73. The summed E-state index contributed by atoms with van der Waals surface area (Å²) in [6.07, 6.45) is 8.18. The van der Waals surface area contributed by atoms with Gasteiger partial charge in [-0.15, -0.1) is 0 Å². The standard InChI is InChI=1S/C39H52N2O8/c1-26(42)46-36-12-7-5-10-28(36)24-40(3)30-16-17-31(40)21-34(20-30)48-38(44)14-9-15-39(45)49-35-22-32-18-19-33(23-35)41(32,4)25-29-11-6-8-13-37(29)47-27(2)43/h5-8,10-13,30-35H,9,14-25H2,1-4H3/q+2. The summed E-state index contributed by atoms with van der Waals surface area (Å²) in [5, 5.41) is 0. The molecule has 0 saturated carbocycles. The SMILES string of the molecule is CC(=O)Oc1ccccc1C[N+]1(C)C2CCC1CC(OC(=O)CCCC(=O)OC1CC3CCC(C1)[N+]3(C)Cc1ccccc1OC(C)=O)C2. The van der Waals surface area contributed by atoms with Crippen LogP contribution in [0.25, 0.3) is 0 Å². The second-order valence-electron chi connectivity index (χ2n) is 15.2. The molecule has 4 aliphatic rings. The first kappa shape index (κ1) is 35.1. The average Bonchev–Trinajstić information content (AvgIpc) is 3.27. The van der Waals surface area contributed by atoms with Crippen LogP contribution in [0.5, 0.6) is 11.5 Å². The van der Waals surface area contributed by atoms with Gasteiger partial charge in [0.2, 0.25) is 0 Å². The summed E-state index contributed by atoms with van der Waals surface area (Å²) in [6.45, 7) is 4.39. The van der Waals surface area contributed by atoms with Crippen molar-refractivity contribution in [3.8, 4) is 11.5 Å². The highest BCUT2D eigenvalue weighted by Crippen LogP contribution is 2.46. The number of carbonyl (C=O) groups is 4. The van der Waals surface area contributed by atoms with E-state index in [0.717, 1.165) is 84.5 Å². The predicted molar refractivity (Wildman–Crippen MR) is 181 cm³/mol. The van der Waals surface area contributed by atoms with Crippen molar-refractivity contribution in [3.05, 3.63) is 59.7 Å². The Labute approximate surface area is 289 Å². The number of para-hydroxylation sites is 2. The van der Waals surface area contributed by atoms with Gasteiger partial charge < -0.3 is 27.9 Å². The van der Waals surface area contributed by atoms with E-state index in [4.69, 9.17) is 18.9 Å². The maximum absolute atomic E-state index is 12.9. The summed E-state index contributed by atoms with van der Waals surface area (Å²) >= 11 is 0. The maximum atomic E-state index is 12.9. The van der Waals surface area contributed by atoms with Crippen LogP contribution < -0.4 is 9.47 Å². The first-order chi connectivity index (χ1) is 23.4. The highest BCUT2D eigenvalue weighted by Gasteiger charge is 2.54. The number of rotatable bonds is 12. The molecule has 4 heterocycles. The molecule has 4 atom stereocenters. The van der Waals surface area contributed by atoms with Gasteiger partial charge in [-0.2, -0.15) is 0 Å². The number of esters is 4. The van der Waals surface area contributed by atoms with Crippen molar-refractivity contribution in [1.82, 2.24) is 0 Å². The number of benzene rings is 2. The molecule has 264 valence electrons. The predicted octanol–water partition coefficient (Wildman–Crippen LogP) is 5.77. The fraction of sp³-hybridized carbons (Fsp3) is 0.590. The van der Waals surface area contributed by atoms with Crippen molar-refractivity contribution in [1.29, 1.82) is 0 Å². The first-order valence-electron chi connectivity index (χ1n) is 18.0. The Bertz CT molecular complexity index is 1420. The van der Waals surface area contributed by atoms with E-state index in [2.05, 4.69) is 14.1 Å². The molecule has 4 aliphatic heterocycles. The second-order valence-corrected chi connectivity index (χ2v) is 15.2. The molecule has 4 fully saturated rings. The minimum atomic E-state index is -0.322. The van der Waals surface area contributed by atoms with Gasteiger partial charge in [0.05, 0.1) is 38.3 Å². The smallest absolute Gasteiger partial charge is 0.308 e. The summed E-state index contributed by atoms with van der Waals surface area (Å²) in [5.74, 6) is 0.106. The number of hydrogen-bond donors (Lipinski definition) is 0. The van der Waals surface area contributed by atoms with Gasteiger partial charge in [-0.05, 0) is 30.7 Å². The molecule has 6 rings (SSSR count). The van der Waals surface area contributed by atoms with Gasteiger partial charge in [-0.3, -0.25) is 19.2 Å². The van der Waals surface area contributed by atoms with Crippen LogP contribution in [-0.4, -0.2) is 83.3 Å². The summed E-state index contributed by atoms with van der Waals surface area (Å²) in [7, 11) is 4.55. The van der Waals surface area contributed by atoms with E-state index in [-0.39, 0.29) is 48.9 Å². The molecule has 2 aromatic rings. The zero-order chi connectivity index (χ0) is 34.8. The maximum Gasteiger partial charge on any atom is 0.308 e. The highest BCUT2D eigenvalue weighted by atomic mass is 16.6. The Kier molecular flexibility index (Phi) is 10.5. The zero-order valence-electron chi connectivity index (χ0n) is 29.4. The lowest BCUT2D eigenvalue weighted by molar-refractivity contribution is -0.961. The quantitative estimate of drug-likeness (QED) is 0.159. The van der Waals surface area contributed by atoms with E-state index >= 15 is 0 Å². The van der Waals surface area contributed by atoms with E-state index in [1.165, 1.54) is 13.8 Å². The molecule has 10 heteroatoms. The van der Waals surface area contributed by atoms with Crippen LogP contribution in [0.15, 0.2) is 48.5 Å². The van der Waals surface area contributed by atoms with Crippen LogP contribution in [0, 0.1) is 0 Å². The lowest BCUT2D eigenvalue weighted by Gasteiger charge is -2.47. The monoisotopic (exact) mass is 676 g/mol. The second kappa shape index (κ2) is 14.6. The molecule has 49 heavy (non-hydrogen) atoms. The molecule has 0 N–H and O–H groups in total. The van der Waals surface area contributed by atoms with E-state index in [0.29, 0.717) is 42.1 Å². The lowest BCUT2D eigenvalue weighted by atomic mass is 9.95. The van der Waals surface area contributed by atoms with Gasteiger partial charge in [0, 0.05) is 89.2 Å². The van der Waals surface area contributed by atoms with Gasteiger partial charge in [-0.25, -0.2) is 0 Å². The molecule has 10 nitrogen and oxygen atoms in total. The fourth-order valence-electron chi connectivity index (χ4n) is 9.47. The van der Waals surface area contributed by atoms with Crippen molar-refractivity contribution in [3.63, 3.8) is 0 Å². The van der Waals surface area contributed by atoms with Gasteiger partial charge in [0.15, 0.2) is 0 Å². The summed E-state index contributed by atoms with van der Waals surface area (Å²) in [4.78, 5) is 49.0. The summed E-state index contributed by atoms with van der Waals surface area (Å²) < 4.78 is 24.6. The summed E-state index contributed by atoms with van der Waals surface area (Å²) in [5.41, 5.74) is 2.05. The molecule has 0 aliphatic carbocycles. The lowest BCUT2D eigenvalue weighted by Crippen LogP contribution is -2.58. The van der Waals surface area contributed by atoms with E-state index in [1.807, 2.05) is 48.5 Å². The van der Waals surface area contributed by atoms with Gasteiger partial charge in [-0.1, -0.05) is 24.3 Å². The van der Waals surface area contributed by atoms with Crippen LogP contribution in [0.2, 0.25) is 0 Å². The van der Waals surface area contributed by atoms with Gasteiger partial charge in [0.25, 0.3) is 0 Å². The van der Waals surface area contributed by atoms with Crippen LogP contribution >= 0.6 is 0 Å². The van der Waals surface area contributed by atoms with E-state index < -0.39 is 0 Å². The van der Waals surface area contributed by atoms with Gasteiger partial charge >= 0.3 is 23.9 Å². The Morgan fingerprint density at radius 3 is 1.29 bits per heavy atom. The van der Waals surface area contributed by atoms with E-state index in [1.54, 1.807) is 0 Å². The topological polar surface area (TPSA) is 105 Å². The molecule has 2 aromatic carbocycles. The number of nitrogens with zero attached hydrogens (tertiary/aromatic N) is 2. The average molecular weight is 677 g/mol. The number of carbonyl (C=O) groups excluding carboxylic acids is 4. The number of fused-ring (bicyclic) bond motifs is 4. The Hall–Kier alpha value is -3.76. The van der Waals surface area contributed by atoms with Crippen molar-refractivity contribution < 1.29 is 47.1 Å². The number of hydrogen-bond acceptors (Lipinski definition) is 8. The third-order valence-corrected chi connectivity index (χ3v) is 12.0. The third kappa shape index (κ3) is 7.86. The molecule has 0 amide bonds. The molecule has 0 spiro atoms. The molecule has 4 bridgehead atoms. The summed E-state index contributed by atoms with van der Waals surface area (Å²) in [6, 6.07) is 16.9. The molecule has 4 unspecified atom stereocenters.